The molecule has 6 heteroatoms. The van der Waals surface area contributed by atoms with Crippen molar-refractivity contribution in [1.82, 2.24) is 10.6 Å². The first-order chi connectivity index (χ1) is 12.1. The van der Waals surface area contributed by atoms with Crippen molar-refractivity contribution in [2.75, 3.05) is 27.2 Å². The summed E-state index contributed by atoms with van der Waals surface area (Å²) in [7, 11) is 3.57. The SMILES string of the molecule is CNCCCNCc1cc(OC)c(OCc2cccc(Cl)c2)cc1Cl. The van der Waals surface area contributed by atoms with Crippen LogP contribution >= 0.6 is 23.2 Å². The average Bonchev–Trinajstić information content (AvgIpc) is 2.61. The van der Waals surface area contributed by atoms with Crippen LogP contribution in [0.25, 0.3) is 0 Å². The fraction of sp³-hybridized carbons (Fsp3) is 0.368. The molecule has 0 aliphatic rings. The fourth-order valence-corrected chi connectivity index (χ4v) is 2.82. The van der Waals surface area contributed by atoms with Crippen LogP contribution in [0, 0.1) is 0 Å². The van der Waals surface area contributed by atoms with Gasteiger partial charge in [0.25, 0.3) is 0 Å². The Labute approximate surface area is 159 Å². The lowest BCUT2D eigenvalue weighted by Gasteiger charge is -2.14. The van der Waals surface area contributed by atoms with Gasteiger partial charge in [-0.3, -0.25) is 0 Å². The largest absolute Gasteiger partial charge is 0.493 e. The second-order valence-electron chi connectivity index (χ2n) is 5.65. The quantitative estimate of drug-likeness (QED) is 0.601. The Hall–Kier alpha value is -1.46. The van der Waals surface area contributed by atoms with Gasteiger partial charge in [-0.2, -0.15) is 0 Å². The summed E-state index contributed by atoms with van der Waals surface area (Å²) < 4.78 is 11.3. The minimum atomic E-state index is 0.398. The van der Waals surface area contributed by atoms with Gasteiger partial charge in [-0.05, 0) is 55.9 Å². The van der Waals surface area contributed by atoms with Crippen LogP contribution in [0.3, 0.4) is 0 Å². The van der Waals surface area contributed by atoms with E-state index in [2.05, 4.69) is 10.6 Å². The summed E-state index contributed by atoms with van der Waals surface area (Å²) in [6.07, 6.45) is 1.06. The Balaban J connectivity index is 2.00. The highest BCUT2D eigenvalue weighted by molar-refractivity contribution is 6.31. The number of nitrogens with one attached hydrogen (secondary N) is 2. The van der Waals surface area contributed by atoms with Crippen LogP contribution in [-0.2, 0) is 13.2 Å². The van der Waals surface area contributed by atoms with Gasteiger partial charge in [-0.15, -0.1) is 0 Å². The lowest BCUT2D eigenvalue weighted by Crippen LogP contribution is -2.19. The number of ether oxygens (including phenoxy) is 2. The molecular formula is C19H24Cl2N2O2. The monoisotopic (exact) mass is 382 g/mol. The van der Waals surface area contributed by atoms with E-state index < -0.39 is 0 Å². The number of benzene rings is 2. The van der Waals surface area contributed by atoms with Gasteiger partial charge < -0.3 is 20.1 Å². The van der Waals surface area contributed by atoms with E-state index in [-0.39, 0.29) is 0 Å². The molecule has 0 saturated carbocycles. The first-order valence-electron chi connectivity index (χ1n) is 8.23. The Morgan fingerprint density at radius 2 is 1.88 bits per heavy atom. The van der Waals surface area contributed by atoms with Crippen LogP contribution in [0.15, 0.2) is 36.4 Å². The average molecular weight is 383 g/mol. The van der Waals surface area contributed by atoms with E-state index in [9.17, 15) is 0 Å². The van der Waals surface area contributed by atoms with Gasteiger partial charge in [0.05, 0.1) is 7.11 Å². The Morgan fingerprint density at radius 3 is 2.60 bits per heavy atom. The summed E-state index contributed by atoms with van der Waals surface area (Å²) in [5.74, 6) is 1.28. The van der Waals surface area contributed by atoms with Crippen LogP contribution in [0.1, 0.15) is 17.5 Å². The molecule has 0 radical (unpaired) electrons. The minimum Gasteiger partial charge on any atom is -0.493 e. The zero-order valence-corrected chi connectivity index (χ0v) is 16.1. The standard InChI is InChI=1S/C19H24Cl2N2O2/c1-22-7-4-8-23-12-15-10-18(24-2)19(11-17(15)21)25-13-14-5-3-6-16(20)9-14/h3,5-6,9-11,22-23H,4,7-8,12-13H2,1-2H3. The fourth-order valence-electron chi connectivity index (χ4n) is 2.39. The van der Waals surface area contributed by atoms with E-state index >= 15 is 0 Å². The second kappa shape index (κ2) is 10.5. The first kappa shape index (κ1) is 19.9. The maximum absolute atomic E-state index is 6.40. The zero-order valence-electron chi connectivity index (χ0n) is 14.6. The second-order valence-corrected chi connectivity index (χ2v) is 6.49. The number of rotatable bonds is 10. The number of methoxy groups -OCH3 is 1. The third kappa shape index (κ3) is 6.40. The molecule has 136 valence electrons. The highest BCUT2D eigenvalue weighted by Gasteiger charge is 2.11. The zero-order chi connectivity index (χ0) is 18.1. The van der Waals surface area contributed by atoms with E-state index in [1.54, 1.807) is 13.2 Å². The van der Waals surface area contributed by atoms with Gasteiger partial charge >= 0.3 is 0 Å². The summed E-state index contributed by atoms with van der Waals surface area (Å²) in [6.45, 7) is 3.00. The van der Waals surface area contributed by atoms with Gasteiger partial charge in [-0.25, -0.2) is 0 Å². The molecule has 0 spiro atoms. The van der Waals surface area contributed by atoms with Crippen LogP contribution in [0.5, 0.6) is 11.5 Å². The van der Waals surface area contributed by atoms with Gasteiger partial charge in [0.1, 0.15) is 6.61 Å². The Bertz CT molecular complexity index is 680. The van der Waals surface area contributed by atoms with Crippen molar-refractivity contribution >= 4 is 23.2 Å². The predicted molar refractivity (Wildman–Crippen MR) is 104 cm³/mol. The van der Waals surface area contributed by atoms with Crippen molar-refractivity contribution in [1.29, 1.82) is 0 Å². The summed E-state index contributed by atoms with van der Waals surface area (Å²) in [6, 6.07) is 11.3. The molecule has 0 saturated heterocycles. The molecular weight excluding hydrogens is 359 g/mol. The minimum absolute atomic E-state index is 0.398. The summed E-state index contributed by atoms with van der Waals surface area (Å²) in [4.78, 5) is 0. The third-order valence-corrected chi connectivity index (χ3v) is 4.30. The lowest BCUT2D eigenvalue weighted by molar-refractivity contribution is 0.284. The van der Waals surface area contributed by atoms with E-state index in [4.69, 9.17) is 32.7 Å². The highest BCUT2D eigenvalue weighted by Crippen LogP contribution is 2.34. The molecule has 0 bridgehead atoms. The lowest BCUT2D eigenvalue weighted by atomic mass is 10.2. The van der Waals surface area contributed by atoms with Gasteiger partial charge in [0.15, 0.2) is 11.5 Å². The van der Waals surface area contributed by atoms with Gasteiger partial charge in [-0.1, -0.05) is 35.3 Å². The third-order valence-electron chi connectivity index (χ3n) is 3.71. The van der Waals surface area contributed by atoms with Crippen LogP contribution in [0.2, 0.25) is 10.0 Å². The molecule has 0 unspecified atom stereocenters. The first-order valence-corrected chi connectivity index (χ1v) is 8.98. The van der Waals surface area contributed by atoms with Crippen molar-refractivity contribution in [3.8, 4) is 11.5 Å². The molecule has 0 amide bonds. The van der Waals surface area contributed by atoms with Gasteiger partial charge in [0.2, 0.25) is 0 Å². The molecule has 4 nitrogen and oxygen atoms in total. The molecule has 2 rings (SSSR count). The molecule has 25 heavy (non-hydrogen) atoms. The van der Waals surface area contributed by atoms with Crippen LogP contribution in [0.4, 0.5) is 0 Å². The van der Waals surface area contributed by atoms with E-state index in [1.807, 2.05) is 37.4 Å². The molecule has 0 heterocycles. The Morgan fingerprint density at radius 1 is 1.04 bits per heavy atom. The molecule has 0 aliphatic carbocycles. The molecule has 0 aromatic heterocycles. The maximum Gasteiger partial charge on any atom is 0.163 e. The smallest absolute Gasteiger partial charge is 0.163 e. The topological polar surface area (TPSA) is 42.5 Å². The van der Waals surface area contributed by atoms with E-state index in [0.29, 0.717) is 34.7 Å². The molecule has 0 fully saturated rings. The molecule has 2 aromatic rings. The normalized spacial score (nSPS) is 10.7. The van der Waals surface area contributed by atoms with Crippen LogP contribution < -0.4 is 20.1 Å². The van der Waals surface area contributed by atoms with Crippen molar-refractivity contribution < 1.29 is 9.47 Å². The van der Waals surface area contributed by atoms with E-state index in [0.717, 1.165) is 30.6 Å². The van der Waals surface area contributed by atoms with Crippen molar-refractivity contribution in [3.63, 3.8) is 0 Å². The molecule has 0 aliphatic heterocycles. The van der Waals surface area contributed by atoms with E-state index in [1.165, 1.54) is 0 Å². The Kier molecular flexibility index (Phi) is 8.35. The maximum atomic E-state index is 6.40. The number of halogens is 2. The van der Waals surface area contributed by atoms with Crippen molar-refractivity contribution in [3.05, 3.63) is 57.6 Å². The predicted octanol–water partition coefficient (Wildman–Crippen LogP) is 4.28. The van der Waals surface area contributed by atoms with Crippen molar-refractivity contribution in [2.45, 2.75) is 19.6 Å². The summed E-state index contributed by atoms with van der Waals surface area (Å²) in [5, 5.41) is 7.84. The van der Waals surface area contributed by atoms with Crippen molar-refractivity contribution in [2.24, 2.45) is 0 Å². The number of hydrogen-bond donors (Lipinski definition) is 2. The molecule has 2 N–H and O–H groups in total. The van der Waals surface area contributed by atoms with Crippen LogP contribution in [-0.4, -0.2) is 27.2 Å². The highest BCUT2D eigenvalue weighted by atomic mass is 35.5. The number of hydrogen-bond acceptors (Lipinski definition) is 4. The van der Waals surface area contributed by atoms with Gasteiger partial charge in [0, 0.05) is 22.7 Å². The summed E-state index contributed by atoms with van der Waals surface area (Å²) in [5.41, 5.74) is 1.97. The summed E-state index contributed by atoms with van der Waals surface area (Å²) >= 11 is 12.4. The molecule has 2 aromatic carbocycles. The molecule has 0 atom stereocenters.